The highest BCUT2D eigenvalue weighted by Crippen LogP contribution is 2.52. The van der Waals surface area contributed by atoms with E-state index in [0.29, 0.717) is 18.9 Å². The van der Waals surface area contributed by atoms with E-state index in [0.717, 1.165) is 0 Å². The molecule has 17 heavy (non-hydrogen) atoms. The van der Waals surface area contributed by atoms with Gasteiger partial charge in [0, 0.05) is 0 Å². The molecule has 0 nitrogen and oxygen atoms in total. The summed E-state index contributed by atoms with van der Waals surface area (Å²) in [5.41, 5.74) is 0. The number of hydrogen-bond acceptors (Lipinski definition) is 0. The standard InChI is InChI=1S/2C8H11.Mg/c2*1-7(2)8-5-3-4-6-8;/h2*3-7H,1-2H3;. The largest absolute Gasteiger partial charge is 0.408 e. The molecule has 0 amide bonds. The highest BCUT2D eigenvalue weighted by atomic mass is 24.5. The van der Waals surface area contributed by atoms with Crippen LogP contribution in [0.1, 0.15) is 27.7 Å². The van der Waals surface area contributed by atoms with Gasteiger partial charge in [0.05, 0.1) is 0 Å². The second kappa shape index (κ2) is 4.77. The molecule has 0 fully saturated rings. The summed E-state index contributed by atoms with van der Waals surface area (Å²) in [6, 6.07) is 0. The lowest BCUT2D eigenvalue weighted by atomic mass is 9.93. The molecular formula is C16H22Mg. The monoisotopic (exact) mass is 238 g/mol. The minimum absolute atomic E-state index is 0.292. The Morgan fingerprint density at radius 2 is 0.941 bits per heavy atom. The molecule has 0 spiro atoms. The molecule has 0 aromatic heterocycles. The van der Waals surface area contributed by atoms with E-state index >= 15 is 0 Å². The normalized spacial score (nSPS) is 22.9. The summed E-state index contributed by atoms with van der Waals surface area (Å²) >= 11 is -0.292. The Balaban J connectivity index is 2.30. The maximum absolute atomic E-state index is 2.45. The van der Waals surface area contributed by atoms with Crippen LogP contribution >= 0.6 is 0 Å². The van der Waals surface area contributed by atoms with Crippen LogP contribution in [-0.4, -0.2) is 20.4 Å². The van der Waals surface area contributed by atoms with E-state index < -0.39 is 0 Å². The number of hydrogen-bond donors (Lipinski definition) is 0. The fourth-order valence-corrected chi connectivity index (χ4v) is 5.89. The molecule has 0 aromatic carbocycles. The maximum atomic E-state index is 2.45. The molecule has 2 aliphatic rings. The molecule has 2 aliphatic carbocycles. The molecule has 0 aliphatic heterocycles. The van der Waals surface area contributed by atoms with Crippen LogP contribution in [0, 0.1) is 11.8 Å². The zero-order chi connectivity index (χ0) is 12.5. The first-order valence-electron chi connectivity index (χ1n) is 6.75. The fourth-order valence-electron chi connectivity index (χ4n) is 2.99. The molecule has 0 bridgehead atoms. The van der Waals surface area contributed by atoms with Crippen LogP contribution in [0.3, 0.4) is 0 Å². The average molecular weight is 239 g/mol. The van der Waals surface area contributed by atoms with Crippen molar-refractivity contribution >= 4 is 20.4 Å². The molecule has 0 radical (unpaired) electrons. The van der Waals surface area contributed by atoms with Gasteiger partial charge in [-0.05, 0) is 0 Å². The van der Waals surface area contributed by atoms with E-state index in [1.165, 1.54) is 0 Å². The van der Waals surface area contributed by atoms with Crippen molar-refractivity contribution in [3.63, 3.8) is 0 Å². The van der Waals surface area contributed by atoms with Gasteiger partial charge in [-0.25, -0.2) is 0 Å². The topological polar surface area (TPSA) is 0 Å². The Morgan fingerprint density at radius 3 is 1.18 bits per heavy atom. The summed E-state index contributed by atoms with van der Waals surface area (Å²) in [6.07, 6.45) is 18.8. The second-order valence-electron chi connectivity index (χ2n) is 6.15. The maximum Gasteiger partial charge on any atom is 0.408 e. The summed E-state index contributed by atoms with van der Waals surface area (Å²) in [7, 11) is 0. The van der Waals surface area contributed by atoms with Crippen molar-refractivity contribution in [1.29, 1.82) is 0 Å². The van der Waals surface area contributed by atoms with Gasteiger partial charge in [-0.15, -0.1) is 24.3 Å². The smallest absolute Gasteiger partial charge is 0.100 e. The Labute approximate surface area is 115 Å². The van der Waals surface area contributed by atoms with Gasteiger partial charge in [-0.3, -0.25) is 0 Å². The van der Waals surface area contributed by atoms with Crippen molar-refractivity contribution in [2.24, 2.45) is 11.8 Å². The van der Waals surface area contributed by atoms with Crippen molar-refractivity contribution in [1.82, 2.24) is 0 Å². The summed E-state index contributed by atoms with van der Waals surface area (Å²) in [6.45, 7) is 9.46. The molecule has 88 valence electrons. The minimum atomic E-state index is -0.292. The van der Waals surface area contributed by atoms with E-state index in [1.807, 2.05) is 0 Å². The second-order valence-corrected chi connectivity index (χ2v) is 8.95. The predicted molar refractivity (Wildman–Crippen MR) is 77.4 cm³/mol. The molecule has 0 saturated carbocycles. The van der Waals surface area contributed by atoms with Crippen molar-refractivity contribution in [2.75, 3.05) is 0 Å². The third kappa shape index (κ3) is 2.32. The lowest BCUT2D eigenvalue weighted by molar-refractivity contribution is 0.517. The Morgan fingerprint density at radius 1 is 0.647 bits per heavy atom. The first kappa shape index (κ1) is 13.2. The van der Waals surface area contributed by atoms with E-state index in [9.17, 15) is 0 Å². The zero-order valence-corrected chi connectivity index (χ0v) is 12.9. The van der Waals surface area contributed by atoms with Crippen LogP contribution < -0.4 is 0 Å². The van der Waals surface area contributed by atoms with Crippen molar-refractivity contribution in [3.05, 3.63) is 48.6 Å². The van der Waals surface area contributed by atoms with E-state index in [-0.39, 0.29) is 20.4 Å². The van der Waals surface area contributed by atoms with Crippen LogP contribution in [0.4, 0.5) is 0 Å². The zero-order valence-electron chi connectivity index (χ0n) is 11.5. The van der Waals surface area contributed by atoms with Crippen LogP contribution in [0.25, 0.3) is 0 Å². The van der Waals surface area contributed by atoms with Gasteiger partial charge in [0.15, 0.2) is 0 Å². The van der Waals surface area contributed by atoms with Crippen molar-refractivity contribution < 1.29 is 0 Å². The van der Waals surface area contributed by atoms with E-state index in [4.69, 9.17) is 0 Å². The summed E-state index contributed by atoms with van der Waals surface area (Å²) < 4.78 is 0.757. The Bertz CT molecular complexity index is 332. The third-order valence-electron chi connectivity index (χ3n) is 4.61. The lowest BCUT2D eigenvalue weighted by Gasteiger charge is -2.40. The van der Waals surface area contributed by atoms with Crippen LogP contribution in [0.5, 0.6) is 0 Å². The van der Waals surface area contributed by atoms with Gasteiger partial charge in [-0.1, -0.05) is 70.9 Å². The average Bonchev–Trinajstić information content (AvgIpc) is 2.88. The van der Waals surface area contributed by atoms with Crippen LogP contribution in [-0.2, 0) is 0 Å². The van der Waals surface area contributed by atoms with Gasteiger partial charge in [-0.2, -0.15) is 0 Å². The Hall–Kier alpha value is -0.274. The molecule has 0 aromatic rings. The van der Waals surface area contributed by atoms with E-state index in [1.54, 1.807) is 0 Å². The third-order valence-corrected chi connectivity index (χ3v) is 8.41. The molecule has 0 atom stereocenters. The van der Waals surface area contributed by atoms with Crippen molar-refractivity contribution in [3.8, 4) is 0 Å². The Kier molecular flexibility index (Phi) is 3.70. The molecule has 0 saturated heterocycles. The summed E-state index contributed by atoms with van der Waals surface area (Å²) in [4.78, 5) is 0. The molecule has 0 N–H and O–H groups in total. The minimum Gasteiger partial charge on any atom is -0.100 e. The quantitative estimate of drug-likeness (QED) is 0.630. The summed E-state index contributed by atoms with van der Waals surface area (Å²) in [5, 5.41) is 0. The van der Waals surface area contributed by atoms with Gasteiger partial charge < -0.3 is 0 Å². The number of rotatable bonds is 4. The van der Waals surface area contributed by atoms with Gasteiger partial charge in [0.1, 0.15) is 0 Å². The van der Waals surface area contributed by atoms with Gasteiger partial charge in [0.2, 0.25) is 0 Å². The molecule has 0 unspecified atom stereocenters. The van der Waals surface area contributed by atoms with Crippen LogP contribution in [0.2, 0.25) is 7.09 Å². The first-order chi connectivity index (χ1) is 8.01. The fraction of sp³-hybridized carbons (Fsp3) is 0.500. The first-order valence-corrected chi connectivity index (χ1v) is 8.16. The highest BCUT2D eigenvalue weighted by molar-refractivity contribution is 6.48. The molecule has 0 heterocycles. The number of allylic oxidation sites excluding steroid dienone is 8. The van der Waals surface area contributed by atoms with Gasteiger partial charge >= 0.3 is 20.4 Å². The van der Waals surface area contributed by atoms with Crippen molar-refractivity contribution in [2.45, 2.75) is 34.8 Å². The van der Waals surface area contributed by atoms with Gasteiger partial charge in [0.25, 0.3) is 0 Å². The SMILES string of the molecule is CC(C)[C]1([Mg][C]2(C(C)C)C=CC=C2)C=CC=C1. The summed E-state index contributed by atoms with van der Waals surface area (Å²) in [5.74, 6) is 1.42. The predicted octanol–water partition coefficient (Wildman–Crippen LogP) is 4.57. The molecule has 1 heteroatoms. The van der Waals surface area contributed by atoms with E-state index in [2.05, 4.69) is 76.3 Å². The highest BCUT2D eigenvalue weighted by Gasteiger charge is 2.43. The van der Waals surface area contributed by atoms with Crippen LogP contribution in [0.15, 0.2) is 48.6 Å². The lowest BCUT2D eigenvalue weighted by Crippen LogP contribution is -2.33. The molecular weight excluding hydrogens is 216 g/mol. The molecule has 2 rings (SSSR count).